The predicted molar refractivity (Wildman–Crippen MR) is 75.3 cm³/mol. The third kappa shape index (κ3) is 2.89. The molecule has 0 radical (unpaired) electrons. The Bertz CT molecular complexity index is 467. The molecule has 1 saturated carbocycles. The van der Waals surface area contributed by atoms with Crippen molar-refractivity contribution < 1.29 is 9.53 Å². The highest BCUT2D eigenvalue weighted by Gasteiger charge is 2.31. The lowest BCUT2D eigenvalue weighted by Crippen LogP contribution is -2.37. The molecule has 0 spiro atoms. The van der Waals surface area contributed by atoms with E-state index >= 15 is 0 Å². The number of piperidine rings is 1. The van der Waals surface area contributed by atoms with Gasteiger partial charge < -0.3 is 15.4 Å². The second-order valence-electron chi connectivity index (χ2n) is 5.81. The largest absolute Gasteiger partial charge is 0.446 e. The van der Waals surface area contributed by atoms with E-state index in [1.165, 1.54) is 6.42 Å². The second kappa shape index (κ2) is 5.73. The first kappa shape index (κ1) is 13.3. The maximum absolute atomic E-state index is 12.1. The van der Waals surface area contributed by atoms with E-state index in [4.69, 9.17) is 10.5 Å². The van der Waals surface area contributed by atoms with Crippen LogP contribution < -0.4 is 5.73 Å². The Morgan fingerprint density at radius 3 is 2.85 bits per heavy atom. The van der Waals surface area contributed by atoms with Crippen LogP contribution in [0.1, 0.15) is 50.1 Å². The molecular formula is C14H22N4O2. The van der Waals surface area contributed by atoms with Gasteiger partial charge in [-0.05, 0) is 38.5 Å². The van der Waals surface area contributed by atoms with Gasteiger partial charge in [0.2, 0.25) is 0 Å². The van der Waals surface area contributed by atoms with Gasteiger partial charge in [0, 0.05) is 30.8 Å². The first-order valence-corrected chi connectivity index (χ1v) is 7.48. The number of nitrogens with zero attached hydrogens (tertiary/aromatic N) is 2. The first-order valence-electron chi connectivity index (χ1n) is 7.48. The average Bonchev–Trinajstić information content (AvgIpc) is 3.09. The van der Waals surface area contributed by atoms with Gasteiger partial charge in [-0.2, -0.15) is 5.10 Å². The fourth-order valence-corrected chi connectivity index (χ4v) is 3.19. The van der Waals surface area contributed by atoms with Gasteiger partial charge in [-0.1, -0.05) is 0 Å². The van der Waals surface area contributed by atoms with Crippen molar-refractivity contribution in [3.05, 3.63) is 11.8 Å². The van der Waals surface area contributed by atoms with E-state index < -0.39 is 0 Å². The number of aromatic nitrogens is 2. The Morgan fingerprint density at radius 1 is 1.35 bits per heavy atom. The molecule has 6 nitrogen and oxygen atoms in total. The highest BCUT2D eigenvalue weighted by Crippen LogP contribution is 2.35. The van der Waals surface area contributed by atoms with Crippen LogP contribution in [0.25, 0.3) is 0 Å². The summed E-state index contributed by atoms with van der Waals surface area (Å²) in [6.45, 7) is 1.68. The van der Waals surface area contributed by atoms with E-state index in [9.17, 15) is 4.79 Å². The normalized spacial score (nSPS) is 26.7. The fourth-order valence-electron chi connectivity index (χ4n) is 3.19. The van der Waals surface area contributed by atoms with Gasteiger partial charge in [-0.15, -0.1) is 0 Å². The Hall–Kier alpha value is -1.72. The second-order valence-corrected chi connectivity index (χ2v) is 5.81. The van der Waals surface area contributed by atoms with Crippen molar-refractivity contribution in [1.29, 1.82) is 0 Å². The molecular weight excluding hydrogens is 256 g/mol. The van der Waals surface area contributed by atoms with Crippen molar-refractivity contribution >= 4 is 11.9 Å². The Morgan fingerprint density at radius 2 is 2.15 bits per heavy atom. The molecule has 2 aliphatic rings. The number of carbonyl (C=O) groups excluding carboxylic acids is 1. The van der Waals surface area contributed by atoms with Gasteiger partial charge in [-0.25, -0.2) is 4.79 Å². The number of hydrogen-bond donors (Lipinski definition) is 2. The van der Waals surface area contributed by atoms with Gasteiger partial charge in [0.15, 0.2) is 0 Å². The van der Waals surface area contributed by atoms with Crippen molar-refractivity contribution in [2.45, 2.75) is 50.5 Å². The SMILES string of the molecule is Nc1cc(C2CCC(OC(=O)N3CCCCC3)C2)[nH]n1. The number of anilines is 1. The van der Waals surface area contributed by atoms with Crippen LogP contribution in [-0.2, 0) is 4.74 Å². The molecule has 3 rings (SSSR count). The van der Waals surface area contributed by atoms with Gasteiger partial charge in [-0.3, -0.25) is 5.10 Å². The zero-order chi connectivity index (χ0) is 13.9. The molecule has 0 bridgehead atoms. The highest BCUT2D eigenvalue weighted by molar-refractivity contribution is 5.67. The molecule has 1 amide bonds. The Kier molecular flexibility index (Phi) is 3.80. The molecule has 1 aromatic heterocycles. The third-order valence-corrected chi connectivity index (χ3v) is 4.32. The zero-order valence-corrected chi connectivity index (χ0v) is 11.7. The summed E-state index contributed by atoms with van der Waals surface area (Å²) in [6.07, 6.45) is 6.09. The summed E-state index contributed by atoms with van der Waals surface area (Å²) in [7, 11) is 0. The molecule has 110 valence electrons. The van der Waals surface area contributed by atoms with Crippen molar-refractivity contribution in [2.75, 3.05) is 18.8 Å². The summed E-state index contributed by atoms with van der Waals surface area (Å²) >= 11 is 0. The quantitative estimate of drug-likeness (QED) is 0.869. The molecule has 2 heterocycles. The molecule has 1 aliphatic heterocycles. The molecule has 3 N–H and O–H groups in total. The molecule has 1 aromatic rings. The third-order valence-electron chi connectivity index (χ3n) is 4.32. The number of amides is 1. The van der Waals surface area contributed by atoms with E-state index in [-0.39, 0.29) is 12.2 Å². The number of nitrogen functional groups attached to an aromatic ring is 1. The van der Waals surface area contributed by atoms with Crippen LogP contribution in [0.5, 0.6) is 0 Å². The molecule has 0 aromatic carbocycles. The number of aromatic amines is 1. The van der Waals surface area contributed by atoms with Crippen LogP contribution in [0.3, 0.4) is 0 Å². The number of carbonyl (C=O) groups is 1. The van der Waals surface area contributed by atoms with Gasteiger partial charge in [0.1, 0.15) is 11.9 Å². The van der Waals surface area contributed by atoms with E-state index in [2.05, 4.69) is 10.2 Å². The monoisotopic (exact) mass is 278 g/mol. The van der Waals surface area contributed by atoms with E-state index in [1.807, 2.05) is 11.0 Å². The molecule has 2 fully saturated rings. The molecule has 2 unspecified atom stereocenters. The fraction of sp³-hybridized carbons (Fsp3) is 0.714. The minimum atomic E-state index is -0.139. The summed E-state index contributed by atoms with van der Waals surface area (Å²) < 4.78 is 5.63. The smallest absolute Gasteiger partial charge is 0.410 e. The molecule has 1 saturated heterocycles. The standard InChI is InChI=1S/C14H22N4O2/c15-13-9-12(16-17-13)10-4-5-11(8-10)20-14(19)18-6-2-1-3-7-18/h9-11H,1-8H2,(H3,15,16,17). The predicted octanol–water partition coefficient (Wildman–Crippen LogP) is 2.25. The van der Waals surface area contributed by atoms with Gasteiger partial charge in [0.25, 0.3) is 0 Å². The lowest BCUT2D eigenvalue weighted by Gasteiger charge is -2.27. The van der Waals surface area contributed by atoms with Crippen LogP contribution in [0.2, 0.25) is 0 Å². The minimum Gasteiger partial charge on any atom is -0.446 e. The Labute approximate surface area is 118 Å². The lowest BCUT2D eigenvalue weighted by molar-refractivity contribution is 0.0597. The molecule has 6 heteroatoms. The molecule has 1 aliphatic carbocycles. The molecule has 20 heavy (non-hydrogen) atoms. The van der Waals surface area contributed by atoms with Crippen LogP contribution in [0.15, 0.2) is 6.07 Å². The highest BCUT2D eigenvalue weighted by atomic mass is 16.6. The number of hydrogen-bond acceptors (Lipinski definition) is 4. The zero-order valence-electron chi connectivity index (χ0n) is 11.7. The number of H-pyrrole nitrogens is 1. The number of ether oxygens (including phenoxy) is 1. The van der Waals surface area contributed by atoms with Crippen molar-refractivity contribution in [3.63, 3.8) is 0 Å². The summed E-state index contributed by atoms with van der Waals surface area (Å²) in [5.41, 5.74) is 6.68. The summed E-state index contributed by atoms with van der Waals surface area (Å²) in [5, 5.41) is 6.92. The summed E-state index contributed by atoms with van der Waals surface area (Å²) in [6, 6.07) is 1.87. The summed E-state index contributed by atoms with van der Waals surface area (Å²) in [5.74, 6) is 0.896. The van der Waals surface area contributed by atoms with Crippen molar-refractivity contribution in [2.24, 2.45) is 0 Å². The number of nitrogens with two attached hydrogens (primary N) is 1. The van der Waals surface area contributed by atoms with Gasteiger partial charge >= 0.3 is 6.09 Å². The Balaban J connectivity index is 1.51. The van der Waals surface area contributed by atoms with Crippen molar-refractivity contribution in [1.82, 2.24) is 15.1 Å². The number of rotatable bonds is 2. The lowest BCUT2D eigenvalue weighted by atomic mass is 10.0. The summed E-state index contributed by atoms with van der Waals surface area (Å²) in [4.78, 5) is 13.9. The maximum atomic E-state index is 12.1. The van der Waals surface area contributed by atoms with Gasteiger partial charge in [0.05, 0.1) is 0 Å². The average molecular weight is 278 g/mol. The maximum Gasteiger partial charge on any atom is 0.410 e. The van der Waals surface area contributed by atoms with E-state index in [1.54, 1.807) is 0 Å². The van der Waals surface area contributed by atoms with Crippen LogP contribution in [-0.4, -0.2) is 40.4 Å². The van der Waals surface area contributed by atoms with Crippen molar-refractivity contribution in [3.8, 4) is 0 Å². The topological polar surface area (TPSA) is 84.2 Å². The van der Waals surface area contributed by atoms with E-state index in [0.29, 0.717) is 11.7 Å². The van der Waals surface area contributed by atoms with Crippen LogP contribution in [0.4, 0.5) is 10.6 Å². The van der Waals surface area contributed by atoms with Crippen LogP contribution >= 0.6 is 0 Å². The van der Waals surface area contributed by atoms with Crippen LogP contribution in [0, 0.1) is 0 Å². The minimum absolute atomic E-state index is 0.0268. The first-order chi connectivity index (χ1) is 9.72. The van der Waals surface area contributed by atoms with E-state index in [0.717, 1.165) is 50.9 Å². The number of nitrogens with one attached hydrogen (secondary N) is 1. The molecule has 2 atom stereocenters. The number of likely N-dealkylation sites (tertiary alicyclic amines) is 1.